The van der Waals surface area contributed by atoms with Gasteiger partial charge < -0.3 is 4.74 Å². The van der Waals surface area contributed by atoms with Crippen molar-refractivity contribution in [2.75, 3.05) is 7.11 Å². The molecule has 1 nitrogen and oxygen atoms in total. The van der Waals surface area contributed by atoms with Crippen LogP contribution in [0.3, 0.4) is 0 Å². The summed E-state index contributed by atoms with van der Waals surface area (Å²) >= 11 is 0. The molecule has 0 saturated carbocycles. The van der Waals surface area contributed by atoms with Crippen LogP contribution in [-0.4, -0.2) is 7.11 Å². The SMILES string of the molecule is COc1ccccc1-c1ccc2c(c1C)C(C)c1ccccc1-2. The van der Waals surface area contributed by atoms with Crippen molar-refractivity contribution in [3.63, 3.8) is 0 Å². The van der Waals surface area contributed by atoms with E-state index in [4.69, 9.17) is 4.74 Å². The molecule has 0 fully saturated rings. The molecule has 4 rings (SSSR count). The maximum Gasteiger partial charge on any atom is 0.126 e. The highest BCUT2D eigenvalue weighted by Gasteiger charge is 2.27. The second kappa shape index (κ2) is 5.27. The Morgan fingerprint density at radius 1 is 0.739 bits per heavy atom. The topological polar surface area (TPSA) is 9.23 Å². The molecule has 3 aromatic rings. The van der Waals surface area contributed by atoms with Crippen LogP contribution in [0, 0.1) is 6.92 Å². The average Bonchev–Trinajstić information content (AvgIpc) is 2.89. The van der Waals surface area contributed by atoms with Crippen LogP contribution in [-0.2, 0) is 0 Å². The third kappa shape index (κ3) is 2.00. The minimum Gasteiger partial charge on any atom is -0.496 e. The molecule has 1 unspecified atom stereocenters. The number of methoxy groups -OCH3 is 1. The summed E-state index contributed by atoms with van der Waals surface area (Å²) in [5.41, 5.74) is 9.43. The van der Waals surface area contributed by atoms with Crippen molar-refractivity contribution in [3.05, 3.63) is 77.4 Å². The highest BCUT2D eigenvalue weighted by Crippen LogP contribution is 2.48. The number of para-hydroxylation sites is 1. The van der Waals surface area contributed by atoms with Gasteiger partial charge in [0.15, 0.2) is 0 Å². The predicted octanol–water partition coefficient (Wildman–Crippen LogP) is 5.80. The first kappa shape index (κ1) is 14.1. The maximum absolute atomic E-state index is 5.56. The van der Waals surface area contributed by atoms with Crippen LogP contribution in [0.4, 0.5) is 0 Å². The Bertz CT molecular complexity index is 892. The van der Waals surface area contributed by atoms with Crippen LogP contribution < -0.4 is 4.74 Å². The van der Waals surface area contributed by atoms with Gasteiger partial charge in [0.1, 0.15) is 5.75 Å². The van der Waals surface area contributed by atoms with Gasteiger partial charge >= 0.3 is 0 Å². The summed E-state index contributed by atoms with van der Waals surface area (Å²) in [5.74, 6) is 1.37. The van der Waals surface area contributed by atoms with E-state index in [-0.39, 0.29) is 0 Å². The Kier molecular flexibility index (Phi) is 3.23. The normalized spacial score (nSPS) is 15.2. The van der Waals surface area contributed by atoms with E-state index in [0.717, 1.165) is 5.75 Å². The van der Waals surface area contributed by atoms with E-state index < -0.39 is 0 Å². The summed E-state index contributed by atoms with van der Waals surface area (Å²) in [5, 5.41) is 0. The molecule has 1 heteroatoms. The molecule has 0 heterocycles. The van der Waals surface area contributed by atoms with E-state index >= 15 is 0 Å². The smallest absolute Gasteiger partial charge is 0.126 e. The highest BCUT2D eigenvalue weighted by molar-refractivity contribution is 5.85. The molecule has 0 saturated heterocycles. The van der Waals surface area contributed by atoms with E-state index in [1.807, 2.05) is 12.1 Å². The monoisotopic (exact) mass is 300 g/mol. The number of hydrogen-bond donors (Lipinski definition) is 0. The number of fused-ring (bicyclic) bond motifs is 3. The van der Waals surface area contributed by atoms with E-state index in [2.05, 4.69) is 62.4 Å². The number of rotatable bonds is 2. The summed E-state index contributed by atoms with van der Waals surface area (Å²) in [4.78, 5) is 0. The molecule has 0 radical (unpaired) electrons. The van der Waals surface area contributed by atoms with Gasteiger partial charge in [0.2, 0.25) is 0 Å². The van der Waals surface area contributed by atoms with Gasteiger partial charge in [-0.3, -0.25) is 0 Å². The molecule has 1 aliphatic carbocycles. The summed E-state index contributed by atoms with van der Waals surface area (Å²) < 4.78 is 5.56. The fourth-order valence-electron chi connectivity index (χ4n) is 3.96. The largest absolute Gasteiger partial charge is 0.496 e. The first-order valence-electron chi connectivity index (χ1n) is 8.08. The summed E-state index contributed by atoms with van der Waals surface area (Å²) in [6.07, 6.45) is 0. The van der Waals surface area contributed by atoms with Gasteiger partial charge in [0, 0.05) is 11.5 Å². The third-order valence-electron chi connectivity index (χ3n) is 5.06. The number of hydrogen-bond acceptors (Lipinski definition) is 1. The molecule has 114 valence electrons. The summed E-state index contributed by atoms with van der Waals surface area (Å²) in [7, 11) is 1.74. The standard InChI is InChI=1S/C22H20O/c1-14-16-8-4-5-9-18(16)20-13-12-17(15(2)22(14)20)19-10-6-7-11-21(19)23-3/h4-14H,1-3H3. The van der Waals surface area contributed by atoms with Crippen molar-refractivity contribution < 1.29 is 4.74 Å². The highest BCUT2D eigenvalue weighted by atomic mass is 16.5. The van der Waals surface area contributed by atoms with E-state index in [1.165, 1.54) is 38.9 Å². The molecule has 1 atom stereocenters. The summed E-state index contributed by atoms with van der Waals surface area (Å²) in [6, 6.07) is 21.5. The van der Waals surface area contributed by atoms with Gasteiger partial charge in [0.05, 0.1) is 7.11 Å². The van der Waals surface area contributed by atoms with E-state index in [0.29, 0.717) is 5.92 Å². The molecule has 0 N–H and O–H groups in total. The molecule has 0 spiro atoms. The van der Waals surface area contributed by atoms with Gasteiger partial charge in [-0.1, -0.05) is 61.5 Å². The van der Waals surface area contributed by atoms with Gasteiger partial charge in [0.25, 0.3) is 0 Å². The minimum absolute atomic E-state index is 0.441. The lowest BCUT2D eigenvalue weighted by atomic mass is 9.89. The Morgan fingerprint density at radius 2 is 1.39 bits per heavy atom. The van der Waals surface area contributed by atoms with Crippen LogP contribution >= 0.6 is 0 Å². The Morgan fingerprint density at radius 3 is 2.17 bits per heavy atom. The van der Waals surface area contributed by atoms with Gasteiger partial charge in [-0.25, -0.2) is 0 Å². The lowest BCUT2D eigenvalue weighted by Crippen LogP contribution is -1.97. The zero-order valence-electron chi connectivity index (χ0n) is 13.8. The molecule has 0 aliphatic heterocycles. The molecule has 0 bridgehead atoms. The Hall–Kier alpha value is -2.54. The van der Waals surface area contributed by atoms with E-state index in [1.54, 1.807) is 7.11 Å². The van der Waals surface area contributed by atoms with E-state index in [9.17, 15) is 0 Å². The second-order valence-electron chi connectivity index (χ2n) is 6.21. The average molecular weight is 300 g/mol. The van der Waals surface area contributed by atoms with Crippen molar-refractivity contribution in [3.8, 4) is 28.0 Å². The van der Waals surface area contributed by atoms with Crippen LogP contribution in [0.2, 0.25) is 0 Å². The Labute approximate surface area is 137 Å². The number of ether oxygens (including phenoxy) is 1. The molecule has 0 aromatic heterocycles. The quantitative estimate of drug-likeness (QED) is 0.581. The molecule has 23 heavy (non-hydrogen) atoms. The minimum atomic E-state index is 0.441. The molecule has 1 aliphatic rings. The molecular weight excluding hydrogens is 280 g/mol. The predicted molar refractivity (Wildman–Crippen MR) is 96.1 cm³/mol. The van der Waals surface area contributed by atoms with Crippen LogP contribution in [0.5, 0.6) is 5.75 Å². The summed E-state index contributed by atoms with van der Waals surface area (Å²) in [6.45, 7) is 4.55. The first-order valence-corrected chi connectivity index (χ1v) is 8.08. The first-order chi connectivity index (χ1) is 11.2. The lowest BCUT2D eigenvalue weighted by Gasteiger charge is -2.16. The van der Waals surface area contributed by atoms with Crippen molar-refractivity contribution in [2.45, 2.75) is 19.8 Å². The van der Waals surface area contributed by atoms with Crippen molar-refractivity contribution in [1.82, 2.24) is 0 Å². The van der Waals surface area contributed by atoms with Crippen LogP contribution in [0.25, 0.3) is 22.3 Å². The second-order valence-corrected chi connectivity index (χ2v) is 6.21. The zero-order chi connectivity index (χ0) is 16.0. The van der Waals surface area contributed by atoms with Crippen LogP contribution in [0.1, 0.15) is 29.5 Å². The van der Waals surface area contributed by atoms with Crippen molar-refractivity contribution >= 4 is 0 Å². The van der Waals surface area contributed by atoms with Crippen molar-refractivity contribution in [2.24, 2.45) is 0 Å². The lowest BCUT2D eigenvalue weighted by molar-refractivity contribution is 0.416. The zero-order valence-corrected chi connectivity index (χ0v) is 13.8. The van der Waals surface area contributed by atoms with Crippen LogP contribution in [0.15, 0.2) is 60.7 Å². The molecule has 3 aromatic carbocycles. The van der Waals surface area contributed by atoms with Crippen molar-refractivity contribution in [1.29, 1.82) is 0 Å². The molecular formula is C22H20O. The Balaban J connectivity index is 1.95. The number of benzene rings is 3. The maximum atomic E-state index is 5.56. The van der Waals surface area contributed by atoms with Gasteiger partial charge in [-0.15, -0.1) is 0 Å². The van der Waals surface area contributed by atoms with Gasteiger partial charge in [-0.05, 0) is 46.4 Å². The third-order valence-corrected chi connectivity index (χ3v) is 5.06. The fraction of sp³-hybridized carbons (Fsp3) is 0.182. The van der Waals surface area contributed by atoms with Gasteiger partial charge in [-0.2, -0.15) is 0 Å². The fourth-order valence-corrected chi connectivity index (χ4v) is 3.96. The molecule has 0 amide bonds.